The Balaban J connectivity index is 2.56. The van der Waals surface area contributed by atoms with Crippen molar-refractivity contribution >= 4 is 17.3 Å². The number of benzene rings is 1. The van der Waals surface area contributed by atoms with Gasteiger partial charge < -0.3 is 16.2 Å². The highest BCUT2D eigenvalue weighted by Gasteiger charge is 2.17. The molecular weight excluding hydrogens is 242 g/mol. The number of carbonyl (C=O) groups excluding carboxylic acids is 1. The van der Waals surface area contributed by atoms with E-state index in [9.17, 15) is 9.90 Å². The molecular formula is C14H23N3O2. The number of nitrogen functional groups attached to an aromatic ring is 1. The molecule has 0 saturated heterocycles. The Morgan fingerprint density at radius 1 is 1.47 bits per heavy atom. The summed E-state index contributed by atoms with van der Waals surface area (Å²) in [6, 6.07) is 5.50. The normalized spacial score (nSPS) is 11.7. The third kappa shape index (κ3) is 5.72. The maximum Gasteiger partial charge on any atom is 0.238 e. The lowest BCUT2D eigenvalue weighted by Crippen LogP contribution is -2.40. The molecule has 1 aromatic carbocycles. The molecule has 0 aromatic heterocycles. The third-order valence-electron chi connectivity index (χ3n) is 2.55. The fourth-order valence-corrected chi connectivity index (χ4v) is 1.95. The highest BCUT2D eigenvalue weighted by molar-refractivity contribution is 5.95. The van der Waals surface area contributed by atoms with E-state index in [1.54, 1.807) is 31.9 Å². The Bertz CT molecular complexity index is 452. The molecule has 0 fully saturated rings. The van der Waals surface area contributed by atoms with Gasteiger partial charge >= 0.3 is 0 Å². The molecule has 0 aliphatic heterocycles. The molecule has 1 rings (SSSR count). The SMILES string of the molecule is Cc1ccc(NC(=O)CN(C)CC(C)(C)O)c(N)c1. The van der Waals surface area contributed by atoms with Crippen molar-refractivity contribution in [2.75, 3.05) is 31.2 Å². The second-order valence-corrected chi connectivity index (χ2v) is 5.62. The summed E-state index contributed by atoms with van der Waals surface area (Å²) in [7, 11) is 1.79. The maximum absolute atomic E-state index is 11.9. The second kappa shape index (κ2) is 6.04. The van der Waals surface area contributed by atoms with Gasteiger partial charge in [0.1, 0.15) is 0 Å². The summed E-state index contributed by atoms with van der Waals surface area (Å²) in [6.45, 7) is 5.99. The van der Waals surface area contributed by atoms with Crippen molar-refractivity contribution in [3.63, 3.8) is 0 Å². The van der Waals surface area contributed by atoms with E-state index in [1.165, 1.54) is 0 Å². The van der Waals surface area contributed by atoms with E-state index in [0.717, 1.165) is 5.56 Å². The number of carbonyl (C=O) groups is 1. The minimum atomic E-state index is -0.822. The first kappa shape index (κ1) is 15.5. The molecule has 0 heterocycles. The van der Waals surface area contributed by atoms with E-state index in [4.69, 9.17) is 5.73 Å². The third-order valence-corrected chi connectivity index (χ3v) is 2.55. The van der Waals surface area contributed by atoms with Gasteiger partial charge in [0.05, 0.1) is 23.5 Å². The zero-order valence-corrected chi connectivity index (χ0v) is 12.0. The molecule has 1 amide bonds. The van der Waals surface area contributed by atoms with Crippen molar-refractivity contribution in [1.82, 2.24) is 4.90 Å². The molecule has 0 radical (unpaired) electrons. The van der Waals surface area contributed by atoms with Gasteiger partial charge in [-0.2, -0.15) is 0 Å². The zero-order chi connectivity index (χ0) is 14.6. The number of nitrogens with two attached hydrogens (primary N) is 1. The Morgan fingerprint density at radius 3 is 2.63 bits per heavy atom. The van der Waals surface area contributed by atoms with Gasteiger partial charge in [-0.1, -0.05) is 6.07 Å². The Morgan fingerprint density at radius 2 is 2.11 bits per heavy atom. The highest BCUT2D eigenvalue weighted by Crippen LogP contribution is 2.19. The van der Waals surface area contributed by atoms with Crippen molar-refractivity contribution in [1.29, 1.82) is 0 Å². The molecule has 0 aliphatic rings. The molecule has 4 N–H and O–H groups in total. The minimum absolute atomic E-state index is 0.151. The van der Waals surface area contributed by atoms with Crippen molar-refractivity contribution in [2.24, 2.45) is 0 Å². The van der Waals surface area contributed by atoms with Crippen LogP contribution >= 0.6 is 0 Å². The number of rotatable bonds is 5. The summed E-state index contributed by atoms with van der Waals surface area (Å²) < 4.78 is 0. The molecule has 106 valence electrons. The lowest BCUT2D eigenvalue weighted by molar-refractivity contribution is -0.117. The first-order valence-electron chi connectivity index (χ1n) is 6.24. The number of amides is 1. The van der Waals surface area contributed by atoms with Gasteiger partial charge in [0.2, 0.25) is 5.91 Å². The van der Waals surface area contributed by atoms with E-state index < -0.39 is 5.60 Å². The average Bonchev–Trinajstić information content (AvgIpc) is 2.19. The number of aliphatic hydroxyl groups is 1. The van der Waals surface area contributed by atoms with E-state index in [2.05, 4.69) is 5.32 Å². The van der Waals surface area contributed by atoms with Crippen LogP contribution in [-0.4, -0.2) is 41.7 Å². The van der Waals surface area contributed by atoms with Crippen molar-refractivity contribution in [3.05, 3.63) is 23.8 Å². The minimum Gasteiger partial charge on any atom is -0.397 e. The smallest absolute Gasteiger partial charge is 0.238 e. The van der Waals surface area contributed by atoms with Crippen molar-refractivity contribution in [2.45, 2.75) is 26.4 Å². The summed E-state index contributed by atoms with van der Waals surface area (Å²) in [5.74, 6) is -0.151. The van der Waals surface area contributed by atoms with Crippen LogP contribution < -0.4 is 11.1 Å². The second-order valence-electron chi connectivity index (χ2n) is 5.62. The summed E-state index contributed by atoms with van der Waals surface area (Å²) in [4.78, 5) is 13.6. The van der Waals surface area contributed by atoms with E-state index in [0.29, 0.717) is 17.9 Å². The zero-order valence-electron chi connectivity index (χ0n) is 12.0. The fraction of sp³-hybridized carbons (Fsp3) is 0.500. The topological polar surface area (TPSA) is 78.6 Å². The largest absolute Gasteiger partial charge is 0.397 e. The summed E-state index contributed by atoms with van der Waals surface area (Å²) >= 11 is 0. The molecule has 5 nitrogen and oxygen atoms in total. The van der Waals surface area contributed by atoms with Gasteiger partial charge in [-0.15, -0.1) is 0 Å². The first-order chi connectivity index (χ1) is 8.67. The van der Waals surface area contributed by atoms with Crippen LogP contribution in [0, 0.1) is 6.92 Å². The predicted octanol–water partition coefficient (Wildman–Crippen LogP) is 1.22. The van der Waals surface area contributed by atoms with Gasteiger partial charge in [-0.05, 0) is 45.5 Å². The molecule has 0 spiro atoms. The van der Waals surface area contributed by atoms with Crippen LogP contribution in [0.15, 0.2) is 18.2 Å². The molecule has 0 saturated carbocycles. The lowest BCUT2D eigenvalue weighted by Gasteiger charge is -2.24. The Labute approximate surface area is 114 Å². The standard InChI is InChI=1S/C14H23N3O2/c1-10-5-6-12(11(15)7-10)16-13(18)8-17(4)9-14(2,3)19/h5-7,19H,8-9,15H2,1-4H3,(H,16,18). The quantitative estimate of drug-likeness (QED) is 0.699. The Kier molecular flexibility index (Phi) is 4.91. The summed E-state index contributed by atoms with van der Waals surface area (Å²) in [5.41, 5.74) is 7.24. The number of anilines is 2. The van der Waals surface area contributed by atoms with Crippen LogP contribution in [0.4, 0.5) is 11.4 Å². The molecule has 1 aromatic rings. The van der Waals surface area contributed by atoms with E-state index >= 15 is 0 Å². The van der Waals surface area contributed by atoms with Crippen LogP contribution in [-0.2, 0) is 4.79 Å². The molecule has 5 heteroatoms. The van der Waals surface area contributed by atoms with Crippen LogP contribution in [0.1, 0.15) is 19.4 Å². The molecule has 0 atom stereocenters. The van der Waals surface area contributed by atoms with Gasteiger partial charge in [-0.25, -0.2) is 0 Å². The van der Waals surface area contributed by atoms with E-state index in [1.807, 2.05) is 19.1 Å². The predicted molar refractivity (Wildman–Crippen MR) is 78.0 cm³/mol. The van der Waals surface area contributed by atoms with Crippen LogP contribution in [0.25, 0.3) is 0 Å². The Hall–Kier alpha value is -1.59. The van der Waals surface area contributed by atoms with Crippen molar-refractivity contribution < 1.29 is 9.90 Å². The molecule has 0 unspecified atom stereocenters. The van der Waals surface area contributed by atoms with E-state index in [-0.39, 0.29) is 12.5 Å². The number of nitrogens with zero attached hydrogens (tertiary/aromatic N) is 1. The number of hydrogen-bond acceptors (Lipinski definition) is 4. The number of aryl methyl sites for hydroxylation is 1. The van der Waals surface area contributed by atoms with Crippen LogP contribution in [0.5, 0.6) is 0 Å². The van der Waals surface area contributed by atoms with Gasteiger partial charge in [0, 0.05) is 6.54 Å². The van der Waals surface area contributed by atoms with Gasteiger partial charge in [-0.3, -0.25) is 9.69 Å². The first-order valence-corrected chi connectivity index (χ1v) is 6.24. The number of nitrogens with one attached hydrogen (secondary N) is 1. The average molecular weight is 265 g/mol. The highest BCUT2D eigenvalue weighted by atomic mass is 16.3. The van der Waals surface area contributed by atoms with Gasteiger partial charge in [0.25, 0.3) is 0 Å². The van der Waals surface area contributed by atoms with Crippen molar-refractivity contribution in [3.8, 4) is 0 Å². The number of likely N-dealkylation sites (N-methyl/N-ethyl adjacent to an activating group) is 1. The van der Waals surface area contributed by atoms with Crippen LogP contribution in [0.3, 0.4) is 0 Å². The fourth-order valence-electron chi connectivity index (χ4n) is 1.95. The molecule has 0 aliphatic carbocycles. The summed E-state index contributed by atoms with van der Waals surface area (Å²) in [6.07, 6.45) is 0. The van der Waals surface area contributed by atoms with Gasteiger partial charge in [0.15, 0.2) is 0 Å². The lowest BCUT2D eigenvalue weighted by atomic mass is 10.1. The summed E-state index contributed by atoms with van der Waals surface area (Å²) in [5, 5.41) is 12.4. The van der Waals surface area contributed by atoms with Crippen LogP contribution in [0.2, 0.25) is 0 Å². The molecule has 0 bridgehead atoms. The monoisotopic (exact) mass is 265 g/mol. The molecule has 19 heavy (non-hydrogen) atoms. The maximum atomic E-state index is 11.9. The number of hydrogen-bond donors (Lipinski definition) is 3.